The van der Waals surface area contributed by atoms with Gasteiger partial charge in [0.25, 0.3) is 0 Å². The van der Waals surface area contributed by atoms with Crippen LogP contribution in [0.25, 0.3) is 0 Å². The molecule has 48 heavy (non-hydrogen) atoms. The van der Waals surface area contributed by atoms with Crippen LogP contribution in [0, 0.1) is 17.2 Å². The third kappa shape index (κ3) is 11.8. The van der Waals surface area contributed by atoms with Crippen molar-refractivity contribution >= 4 is 41.3 Å². The largest absolute Gasteiger partial charge is 0.480 e. The first-order valence-corrected chi connectivity index (χ1v) is 15.1. The number of hydrazone groups is 1. The van der Waals surface area contributed by atoms with Crippen LogP contribution in [0.3, 0.4) is 0 Å². The summed E-state index contributed by atoms with van der Waals surface area (Å²) in [6.07, 6.45) is -2.18. The minimum atomic E-state index is -1.94. The first-order valence-electron chi connectivity index (χ1n) is 15.1. The van der Waals surface area contributed by atoms with Gasteiger partial charge < -0.3 is 48.1 Å². The summed E-state index contributed by atoms with van der Waals surface area (Å²) < 4.78 is 14.6. The van der Waals surface area contributed by atoms with Crippen LogP contribution in [0.5, 0.6) is 0 Å². The number of carbonyl (C=O) groups excluding carboxylic acids is 5. The summed E-state index contributed by atoms with van der Waals surface area (Å²) in [5.74, 6) is 3.76. The average Bonchev–Trinajstić information content (AvgIpc) is 3.00. The van der Waals surface area contributed by atoms with Crippen molar-refractivity contribution in [3.05, 3.63) is 35.6 Å². The van der Waals surface area contributed by atoms with Crippen LogP contribution in [-0.4, -0.2) is 87.9 Å². The molecule has 0 radical (unpaired) electrons. The van der Waals surface area contributed by atoms with E-state index in [0.717, 1.165) is 13.8 Å². The molecule has 268 valence electrons. The van der Waals surface area contributed by atoms with Crippen molar-refractivity contribution in [2.75, 3.05) is 6.54 Å². The van der Waals surface area contributed by atoms with Crippen molar-refractivity contribution in [2.24, 2.45) is 28.1 Å². The van der Waals surface area contributed by atoms with E-state index in [1.807, 2.05) is 13.8 Å². The van der Waals surface area contributed by atoms with Gasteiger partial charge in [-0.3, -0.25) is 28.8 Å². The Kier molecular flexibility index (Phi) is 15.4. The Labute approximate surface area is 278 Å². The number of hydrogen-bond donors (Lipinski definition) is 10. The summed E-state index contributed by atoms with van der Waals surface area (Å²) in [5, 5.41) is 35.2. The maximum Gasteiger partial charge on any atom is 0.318 e. The molecule has 0 unspecified atom stereocenters. The third-order valence-corrected chi connectivity index (χ3v) is 7.71. The standard InChI is InChI=1S/C30H48FN9O8/c1-15(2)16(3)35-27(46)30(7,13-18-10-8-9-11-19(18)31)38-25(44)23(17(4)41)37-22(42)14-34-24(43)20(12-21(39-32)40-33)36-26(45)29(5,6)28(47)48/h8-11,15-17,20,23,41H,12-14,32-33H2,1-7H3,(H,34,43)(H,35,46)(H,36,45)(H,37,42)(H,38,44)(H,39,40)(H,47,48)/t16-,17-,20+,23+,30+/m1/s1. The number of amides is 5. The number of benzene rings is 1. The molecule has 0 aliphatic rings. The number of hydrazine groups is 1. The van der Waals surface area contributed by atoms with Gasteiger partial charge in [0, 0.05) is 18.9 Å². The SMILES string of the molecule is CC(C)[C@@H](C)NC(=O)[C@](C)(Cc1ccccc1F)NC(=O)[C@@H](NC(=O)CNC(=O)[C@H](C/C(=N/N)NN)NC(=O)C(C)(C)C(=O)O)[C@@H](C)O. The van der Waals surface area contributed by atoms with Crippen molar-refractivity contribution in [2.45, 2.75) is 91.1 Å². The van der Waals surface area contributed by atoms with Gasteiger partial charge in [0.1, 0.15) is 34.7 Å². The molecular weight excluding hydrogens is 633 g/mol. The molecule has 1 aromatic rings. The summed E-state index contributed by atoms with van der Waals surface area (Å²) in [4.78, 5) is 76.8. The Hall–Kier alpha value is -4.84. The fraction of sp³-hybridized carbons (Fsp3) is 0.567. The number of aliphatic carboxylic acids is 1. The van der Waals surface area contributed by atoms with Crippen molar-refractivity contribution in [3.63, 3.8) is 0 Å². The number of rotatable bonds is 17. The summed E-state index contributed by atoms with van der Waals surface area (Å²) in [6, 6.07) is 2.26. The predicted octanol–water partition coefficient (Wildman–Crippen LogP) is -1.89. The number of aliphatic hydroxyl groups excluding tert-OH is 1. The zero-order valence-corrected chi connectivity index (χ0v) is 28.1. The second-order valence-electron chi connectivity index (χ2n) is 12.5. The molecule has 0 bridgehead atoms. The number of halogens is 1. The van der Waals surface area contributed by atoms with E-state index in [9.17, 15) is 43.4 Å². The molecule has 0 aliphatic heterocycles. The van der Waals surface area contributed by atoms with Gasteiger partial charge in [0.05, 0.1) is 12.6 Å². The molecule has 18 heteroatoms. The Morgan fingerprint density at radius 3 is 2.04 bits per heavy atom. The summed E-state index contributed by atoms with van der Waals surface area (Å²) in [7, 11) is 0. The lowest BCUT2D eigenvalue weighted by Gasteiger charge is -2.34. The zero-order valence-electron chi connectivity index (χ0n) is 28.1. The summed E-state index contributed by atoms with van der Waals surface area (Å²) in [6.45, 7) is 9.57. The molecule has 0 fully saturated rings. The minimum absolute atomic E-state index is 0.0272. The van der Waals surface area contributed by atoms with E-state index >= 15 is 0 Å². The molecule has 17 nitrogen and oxygen atoms in total. The number of nitrogens with zero attached hydrogens (tertiary/aromatic N) is 1. The van der Waals surface area contributed by atoms with Crippen molar-refractivity contribution < 1.29 is 43.4 Å². The van der Waals surface area contributed by atoms with Gasteiger partial charge >= 0.3 is 5.97 Å². The maximum atomic E-state index is 14.6. The van der Waals surface area contributed by atoms with Crippen LogP contribution in [0.2, 0.25) is 0 Å². The predicted molar refractivity (Wildman–Crippen MR) is 173 cm³/mol. The second-order valence-corrected chi connectivity index (χ2v) is 12.5. The zero-order chi connectivity index (χ0) is 37.0. The molecule has 5 amide bonds. The summed E-state index contributed by atoms with van der Waals surface area (Å²) >= 11 is 0. The van der Waals surface area contributed by atoms with Crippen LogP contribution in [0.4, 0.5) is 4.39 Å². The van der Waals surface area contributed by atoms with Gasteiger partial charge in [-0.1, -0.05) is 32.0 Å². The van der Waals surface area contributed by atoms with E-state index in [2.05, 4.69) is 37.1 Å². The Morgan fingerprint density at radius 1 is 0.938 bits per heavy atom. The Bertz CT molecular complexity index is 1370. The topological polar surface area (TPSA) is 279 Å². The lowest BCUT2D eigenvalue weighted by atomic mass is 9.89. The normalized spacial score (nSPS) is 15.5. The van der Waals surface area contributed by atoms with Gasteiger partial charge in [-0.25, -0.2) is 10.2 Å². The molecular formula is C30H48FN9O8. The van der Waals surface area contributed by atoms with E-state index in [1.54, 1.807) is 13.0 Å². The van der Waals surface area contributed by atoms with Gasteiger partial charge in [0.15, 0.2) is 0 Å². The molecule has 0 aromatic heterocycles. The van der Waals surface area contributed by atoms with Crippen LogP contribution in [-0.2, 0) is 35.2 Å². The Balaban J connectivity index is 3.16. The highest BCUT2D eigenvalue weighted by Gasteiger charge is 2.40. The number of nitrogens with two attached hydrogens (primary N) is 2. The third-order valence-electron chi connectivity index (χ3n) is 7.71. The number of nitrogens with one attached hydrogen (secondary N) is 6. The lowest BCUT2D eigenvalue weighted by Crippen LogP contribution is -2.64. The fourth-order valence-corrected chi connectivity index (χ4v) is 3.99. The number of aliphatic hydroxyl groups is 1. The molecule has 0 saturated carbocycles. The van der Waals surface area contributed by atoms with Crippen LogP contribution in [0.15, 0.2) is 29.4 Å². The number of amidine groups is 1. The van der Waals surface area contributed by atoms with Gasteiger partial charge in [-0.2, -0.15) is 5.10 Å². The van der Waals surface area contributed by atoms with E-state index < -0.39 is 83.4 Å². The quantitative estimate of drug-likeness (QED) is 0.0285. The number of hydrogen-bond acceptors (Lipinski definition) is 10. The molecule has 0 aliphatic carbocycles. The van der Waals surface area contributed by atoms with Crippen molar-refractivity contribution in [1.82, 2.24) is 32.0 Å². The second kappa shape index (κ2) is 17.9. The molecule has 0 heterocycles. The van der Waals surface area contributed by atoms with Crippen molar-refractivity contribution in [1.29, 1.82) is 0 Å². The smallest absolute Gasteiger partial charge is 0.318 e. The van der Waals surface area contributed by atoms with Crippen LogP contribution >= 0.6 is 0 Å². The first-order chi connectivity index (χ1) is 22.2. The highest BCUT2D eigenvalue weighted by molar-refractivity contribution is 6.03. The van der Waals surface area contributed by atoms with E-state index in [1.165, 1.54) is 32.0 Å². The van der Waals surface area contributed by atoms with Crippen molar-refractivity contribution in [3.8, 4) is 0 Å². The van der Waals surface area contributed by atoms with E-state index in [0.29, 0.717) is 0 Å². The summed E-state index contributed by atoms with van der Waals surface area (Å²) in [5.41, 5.74) is -1.41. The number of carboxylic acid groups (broad SMARTS) is 1. The molecule has 1 rings (SSSR count). The highest BCUT2D eigenvalue weighted by atomic mass is 19.1. The first kappa shape index (κ1) is 41.2. The minimum Gasteiger partial charge on any atom is -0.480 e. The Morgan fingerprint density at radius 2 is 1.54 bits per heavy atom. The van der Waals surface area contributed by atoms with Gasteiger partial charge in [-0.15, -0.1) is 0 Å². The molecule has 5 atom stereocenters. The van der Waals surface area contributed by atoms with E-state index in [-0.39, 0.29) is 29.8 Å². The highest BCUT2D eigenvalue weighted by Crippen LogP contribution is 2.19. The average molecular weight is 682 g/mol. The van der Waals surface area contributed by atoms with Gasteiger partial charge in [-0.05, 0) is 52.2 Å². The monoisotopic (exact) mass is 681 g/mol. The molecule has 12 N–H and O–H groups in total. The lowest BCUT2D eigenvalue weighted by molar-refractivity contribution is -0.154. The van der Waals surface area contributed by atoms with Crippen LogP contribution in [0.1, 0.15) is 60.5 Å². The number of carbonyl (C=O) groups is 6. The van der Waals surface area contributed by atoms with Crippen LogP contribution < -0.4 is 43.7 Å². The van der Waals surface area contributed by atoms with Gasteiger partial charge in [0.2, 0.25) is 29.5 Å². The molecule has 1 aromatic carbocycles. The molecule has 0 spiro atoms. The fourth-order valence-electron chi connectivity index (χ4n) is 3.99. The maximum absolute atomic E-state index is 14.6. The van der Waals surface area contributed by atoms with E-state index in [4.69, 9.17) is 11.7 Å². The number of carboxylic acids is 1. The molecule has 0 saturated heterocycles.